The Morgan fingerprint density at radius 3 is 2.59 bits per heavy atom. The topological polar surface area (TPSA) is 9.23 Å². The predicted molar refractivity (Wildman–Crippen MR) is 112 cm³/mol. The molecule has 146 valence electrons. The van der Waals surface area contributed by atoms with Crippen molar-refractivity contribution in [3.8, 4) is 5.75 Å². The largest absolute Gasteiger partial charge is 0.490 e. The monoisotopic (exact) mass is 364 g/mol. The summed E-state index contributed by atoms with van der Waals surface area (Å²) in [7, 11) is 0. The third-order valence-corrected chi connectivity index (χ3v) is 9.18. The molecule has 4 aliphatic carbocycles. The molecule has 1 aromatic rings. The number of rotatable bonds is 2. The highest BCUT2D eigenvalue weighted by molar-refractivity contribution is 5.22. The van der Waals surface area contributed by atoms with Crippen molar-refractivity contribution in [1.82, 2.24) is 0 Å². The van der Waals surface area contributed by atoms with Gasteiger partial charge in [0.15, 0.2) is 0 Å². The molecule has 27 heavy (non-hydrogen) atoms. The first-order valence-corrected chi connectivity index (χ1v) is 11.4. The molecule has 0 spiro atoms. The summed E-state index contributed by atoms with van der Waals surface area (Å²) in [5.41, 5.74) is 0.949. The van der Waals surface area contributed by atoms with Gasteiger partial charge < -0.3 is 4.74 Å². The Hall–Kier alpha value is -1.24. The standard InChI is InChI=1S/C26H36O/c1-18-11-14-26(3)19(15-18)9-10-22-23(26)12-13-25(2)17-21(16-24(22)25)27-20-7-5-4-6-8-20/h4-8,11,14,18-19,21-24H,9-10,12-13,15-17H2,1-3H3/t18?,19-,21-,22+,23-,24-,25+,26-/m0/s1. The van der Waals surface area contributed by atoms with Gasteiger partial charge in [0.25, 0.3) is 0 Å². The second-order valence-corrected chi connectivity index (χ2v) is 10.8. The highest BCUT2D eigenvalue weighted by Crippen LogP contribution is 2.65. The molecule has 5 rings (SSSR count). The average molecular weight is 365 g/mol. The van der Waals surface area contributed by atoms with Crippen LogP contribution in [0.5, 0.6) is 5.75 Å². The average Bonchev–Trinajstić information content (AvgIpc) is 2.99. The molecular formula is C26H36O. The van der Waals surface area contributed by atoms with Gasteiger partial charge in [0.2, 0.25) is 0 Å². The first kappa shape index (κ1) is 17.8. The van der Waals surface area contributed by atoms with Gasteiger partial charge in [-0.15, -0.1) is 0 Å². The molecule has 8 atom stereocenters. The van der Waals surface area contributed by atoms with E-state index in [4.69, 9.17) is 4.74 Å². The Kier molecular flexibility index (Phi) is 4.22. The lowest BCUT2D eigenvalue weighted by Crippen LogP contribution is -2.51. The van der Waals surface area contributed by atoms with Crippen LogP contribution < -0.4 is 4.74 Å². The SMILES string of the molecule is CC1C=C[C@@]2(C)[C@@H](CC[C@H]3[C@@H]4C[C@H](Oc5ccccc5)C[C@@]4(C)CC[C@@H]32)C1. The maximum Gasteiger partial charge on any atom is 0.119 e. The summed E-state index contributed by atoms with van der Waals surface area (Å²) in [6, 6.07) is 10.5. The van der Waals surface area contributed by atoms with Crippen molar-refractivity contribution in [1.29, 1.82) is 0 Å². The molecule has 3 saturated carbocycles. The lowest BCUT2D eigenvalue weighted by atomic mass is 9.46. The molecule has 1 unspecified atom stereocenters. The van der Waals surface area contributed by atoms with Crippen molar-refractivity contribution < 1.29 is 4.74 Å². The summed E-state index contributed by atoms with van der Waals surface area (Å²) in [6.07, 6.45) is 15.3. The minimum absolute atomic E-state index is 0.411. The maximum atomic E-state index is 6.44. The third kappa shape index (κ3) is 2.88. The summed E-state index contributed by atoms with van der Waals surface area (Å²) < 4.78 is 6.44. The van der Waals surface area contributed by atoms with Crippen LogP contribution in [0.2, 0.25) is 0 Å². The highest BCUT2D eigenvalue weighted by Gasteiger charge is 2.58. The number of hydrogen-bond acceptors (Lipinski definition) is 1. The van der Waals surface area contributed by atoms with Crippen LogP contribution >= 0.6 is 0 Å². The minimum atomic E-state index is 0.411. The van der Waals surface area contributed by atoms with Crippen molar-refractivity contribution in [3.05, 3.63) is 42.5 Å². The fourth-order valence-electron chi connectivity index (χ4n) is 7.78. The van der Waals surface area contributed by atoms with Crippen LogP contribution in [0.1, 0.15) is 65.7 Å². The second-order valence-electron chi connectivity index (χ2n) is 10.8. The Morgan fingerprint density at radius 1 is 0.963 bits per heavy atom. The molecule has 0 radical (unpaired) electrons. The Bertz CT molecular complexity index is 708. The van der Waals surface area contributed by atoms with Crippen LogP contribution in [-0.4, -0.2) is 6.10 Å². The Balaban J connectivity index is 1.37. The summed E-state index contributed by atoms with van der Waals surface area (Å²) in [6.45, 7) is 7.59. The van der Waals surface area contributed by atoms with E-state index >= 15 is 0 Å². The van der Waals surface area contributed by atoms with E-state index in [-0.39, 0.29) is 0 Å². The van der Waals surface area contributed by atoms with E-state index < -0.39 is 0 Å². The van der Waals surface area contributed by atoms with E-state index in [0.717, 1.165) is 35.3 Å². The quantitative estimate of drug-likeness (QED) is 0.519. The maximum absolute atomic E-state index is 6.44. The zero-order valence-corrected chi connectivity index (χ0v) is 17.4. The summed E-state index contributed by atoms with van der Waals surface area (Å²) in [5, 5.41) is 0. The molecule has 0 saturated heterocycles. The van der Waals surface area contributed by atoms with E-state index in [9.17, 15) is 0 Å². The first-order valence-electron chi connectivity index (χ1n) is 11.4. The van der Waals surface area contributed by atoms with Crippen LogP contribution in [-0.2, 0) is 0 Å². The Morgan fingerprint density at radius 2 is 1.78 bits per heavy atom. The molecule has 3 fully saturated rings. The molecule has 1 heteroatoms. The van der Waals surface area contributed by atoms with Crippen molar-refractivity contribution in [2.24, 2.45) is 40.4 Å². The normalized spacial score (nSPS) is 48.4. The van der Waals surface area contributed by atoms with E-state index in [2.05, 4.69) is 63.3 Å². The Labute approximate surface area is 165 Å². The van der Waals surface area contributed by atoms with E-state index in [1.165, 1.54) is 44.9 Å². The molecular weight excluding hydrogens is 328 g/mol. The van der Waals surface area contributed by atoms with E-state index in [1.54, 1.807) is 0 Å². The molecule has 4 aliphatic rings. The first-order chi connectivity index (χ1) is 13.0. The number of para-hydroxylation sites is 1. The number of ether oxygens (including phenoxy) is 1. The van der Waals surface area contributed by atoms with Gasteiger partial charge in [0, 0.05) is 0 Å². The molecule has 0 aliphatic heterocycles. The molecule has 0 bridgehead atoms. The molecule has 0 aromatic heterocycles. The van der Waals surface area contributed by atoms with Crippen LogP contribution in [0.3, 0.4) is 0 Å². The van der Waals surface area contributed by atoms with Crippen molar-refractivity contribution >= 4 is 0 Å². The fraction of sp³-hybridized carbons (Fsp3) is 0.692. The van der Waals surface area contributed by atoms with Gasteiger partial charge in [0.05, 0.1) is 6.10 Å². The lowest BCUT2D eigenvalue weighted by Gasteiger charge is -2.58. The van der Waals surface area contributed by atoms with Crippen LogP contribution in [0.25, 0.3) is 0 Å². The van der Waals surface area contributed by atoms with Crippen molar-refractivity contribution in [2.45, 2.75) is 71.8 Å². The summed E-state index contributed by atoms with van der Waals surface area (Å²) in [4.78, 5) is 0. The number of allylic oxidation sites excluding steroid dienone is 2. The molecule has 0 heterocycles. The van der Waals surface area contributed by atoms with Gasteiger partial charge >= 0.3 is 0 Å². The number of hydrogen-bond donors (Lipinski definition) is 0. The van der Waals surface area contributed by atoms with Gasteiger partial charge in [-0.3, -0.25) is 0 Å². The fourth-order valence-corrected chi connectivity index (χ4v) is 7.78. The predicted octanol–water partition coefficient (Wildman–Crippen LogP) is 6.89. The molecule has 0 N–H and O–H groups in total. The highest BCUT2D eigenvalue weighted by atomic mass is 16.5. The van der Waals surface area contributed by atoms with Gasteiger partial charge in [-0.2, -0.15) is 0 Å². The second kappa shape index (κ2) is 6.39. The minimum Gasteiger partial charge on any atom is -0.490 e. The smallest absolute Gasteiger partial charge is 0.119 e. The lowest BCUT2D eigenvalue weighted by molar-refractivity contribution is -0.0708. The summed E-state index contributed by atoms with van der Waals surface area (Å²) in [5.74, 6) is 5.42. The van der Waals surface area contributed by atoms with Gasteiger partial charge in [0.1, 0.15) is 5.75 Å². The van der Waals surface area contributed by atoms with E-state index in [1.807, 2.05) is 0 Å². The third-order valence-electron chi connectivity index (χ3n) is 9.18. The number of fused-ring (bicyclic) bond motifs is 5. The van der Waals surface area contributed by atoms with Gasteiger partial charge in [-0.05, 0) is 97.5 Å². The van der Waals surface area contributed by atoms with Crippen LogP contribution in [0.15, 0.2) is 42.5 Å². The van der Waals surface area contributed by atoms with E-state index in [0.29, 0.717) is 16.9 Å². The zero-order valence-electron chi connectivity index (χ0n) is 17.4. The van der Waals surface area contributed by atoms with Gasteiger partial charge in [-0.25, -0.2) is 0 Å². The number of benzene rings is 1. The van der Waals surface area contributed by atoms with Crippen molar-refractivity contribution in [3.63, 3.8) is 0 Å². The molecule has 1 aromatic carbocycles. The zero-order chi connectivity index (χ0) is 18.6. The van der Waals surface area contributed by atoms with Gasteiger partial charge in [-0.1, -0.05) is 51.1 Å². The van der Waals surface area contributed by atoms with Crippen LogP contribution in [0, 0.1) is 40.4 Å². The molecule has 1 nitrogen and oxygen atoms in total. The summed E-state index contributed by atoms with van der Waals surface area (Å²) >= 11 is 0. The molecule has 0 amide bonds. The van der Waals surface area contributed by atoms with Crippen LogP contribution in [0.4, 0.5) is 0 Å². The van der Waals surface area contributed by atoms with Crippen molar-refractivity contribution in [2.75, 3.05) is 0 Å².